The first kappa shape index (κ1) is 19.9. The molecule has 27 heavy (non-hydrogen) atoms. The lowest BCUT2D eigenvalue weighted by molar-refractivity contribution is -0.122. The zero-order chi connectivity index (χ0) is 19.2. The first-order chi connectivity index (χ1) is 13.1. The number of benzene rings is 2. The second-order valence-electron chi connectivity index (χ2n) is 6.93. The van der Waals surface area contributed by atoms with E-state index in [1.807, 2.05) is 18.2 Å². The molecule has 0 aromatic heterocycles. The van der Waals surface area contributed by atoms with Gasteiger partial charge in [-0.15, -0.1) is 0 Å². The number of hydrogen-bond acceptors (Lipinski definition) is 2. The summed E-state index contributed by atoms with van der Waals surface area (Å²) in [6.45, 7) is 3.16. The largest absolute Gasteiger partial charge is 0.483 e. The van der Waals surface area contributed by atoms with Crippen molar-refractivity contribution in [3.05, 3.63) is 74.8 Å². The number of hydrogen-bond donors (Lipinski definition) is 1. The molecule has 1 aliphatic heterocycles. The van der Waals surface area contributed by atoms with Crippen LogP contribution in [0, 0.1) is 0 Å². The van der Waals surface area contributed by atoms with Crippen LogP contribution in [0.4, 0.5) is 0 Å². The van der Waals surface area contributed by atoms with Crippen molar-refractivity contribution in [1.29, 1.82) is 0 Å². The van der Waals surface area contributed by atoms with Gasteiger partial charge in [0, 0.05) is 23.1 Å². The van der Waals surface area contributed by atoms with Crippen LogP contribution in [-0.2, 0) is 17.6 Å². The van der Waals surface area contributed by atoms with Crippen molar-refractivity contribution in [3.63, 3.8) is 0 Å². The fourth-order valence-electron chi connectivity index (χ4n) is 3.98. The third-order valence-electron chi connectivity index (χ3n) is 5.15. The summed E-state index contributed by atoms with van der Waals surface area (Å²) in [5, 5.41) is 8.58. The van der Waals surface area contributed by atoms with Gasteiger partial charge in [0.15, 0.2) is 0 Å². The molecule has 3 nitrogen and oxygen atoms in total. The topological polar surface area (TPSA) is 40.5 Å². The minimum atomic E-state index is -0.250. The monoisotopic (exact) mass is 403 g/mol. The Bertz CT molecular complexity index is 848. The second-order valence-corrected chi connectivity index (χ2v) is 7.80. The third kappa shape index (κ3) is 5.13. The smallest absolute Gasteiger partial charge is 0.290 e. The molecule has 1 heterocycles. The SMILES string of the molecule is Clc1cccc(CCCN2CCC3=C(Cc4ccc(Cl)cc43)C2)c1.O=CO. The summed E-state index contributed by atoms with van der Waals surface area (Å²) in [7, 11) is 0. The van der Waals surface area contributed by atoms with E-state index in [0.717, 1.165) is 48.9 Å². The van der Waals surface area contributed by atoms with Crippen molar-refractivity contribution in [1.82, 2.24) is 4.90 Å². The van der Waals surface area contributed by atoms with E-state index >= 15 is 0 Å². The molecule has 0 amide bonds. The Hall–Kier alpha value is -1.81. The van der Waals surface area contributed by atoms with Crippen LogP contribution in [0.3, 0.4) is 0 Å². The molecule has 5 heteroatoms. The highest BCUT2D eigenvalue weighted by Crippen LogP contribution is 2.39. The molecule has 2 aromatic carbocycles. The van der Waals surface area contributed by atoms with E-state index in [1.165, 1.54) is 23.1 Å². The number of fused-ring (bicyclic) bond motifs is 2. The van der Waals surface area contributed by atoms with E-state index in [4.69, 9.17) is 33.1 Å². The average molecular weight is 404 g/mol. The summed E-state index contributed by atoms with van der Waals surface area (Å²) in [6, 6.07) is 14.6. The van der Waals surface area contributed by atoms with Crippen molar-refractivity contribution in [2.24, 2.45) is 0 Å². The number of carboxylic acid groups (broad SMARTS) is 1. The maximum absolute atomic E-state index is 8.36. The first-order valence-corrected chi connectivity index (χ1v) is 9.90. The summed E-state index contributed by atoms with van der Waals surface area (Å²) in [5.41, 5.74) is 7.34. The third-order valence-corrected chi connectivity index (χ3v) is 5.62. The Kier molecular flexibility index (Phi) is 6.95. The molecule has 0 saturated heterocycles. The van der Waals surface area contributed by atoms with Gasteiger partial charge in [0.25, 0.3) is 6.47 Å². The number of carbonyl (C=O) groups is 1. The van der Waals surface area contributed by atoms with Gasteiger partial charge in [0.1, 0.15) is 0 Å². The normalized spacial score (nSPS) is 15.6. The predicted octanol–water partition coefficient (Wildman–Crippen LogP) is 5.34. The summed E-state index contributed by atoms with van der Waals surface area (Å²) in [5.74, 6) is 0. The van der Waals surface area contributed by atoms with E-state index in [-0.39, 0.29) is 6.47 Å². The minimum Gasteiger partial charge on any atom is -0.483 e. The molecular weight excluding hydrogens is 381 g/mol. The van der Waals surface area contributed by atoms with Crippen LogP contribution < -0.4 is 0 Å². The average Bonchev–Trinajstić information content (AvgIpc) is 2.99. The molecule has 1 aliphatic carbocycles. The fraction of sp³-hybridized carbons (Fsp3) is 0.318. The van der Waals surface area contributed by atoms with E-state index in [1.54, 1.807) is 11.1 Å². The van der Waals surface area contributed by atoms with Gasteiger partial charge in [-0.25, -0.2) is 0 Å². The molecule has 0 fully saturated rings. The van der Waals surface area contributed by atoms with Crippen LogP contribution >= 0.6 is 23.2 Å². The molecule has 0 bridgehead atoms. The maximum Gasteiger partial charge on any atom is 0.290 e. The molecule has 0 atom stereocenters. The molecule has 142 valence electrons. The highest BCUT2D eigenvalue weighted by molar-refractivity contribution is 6.31. The van der Waals surface area contributed by atoms with Crippen molar-refractivity contribution < 1.29 is 9.90 Å². The van der Waals surface area contributed by atoms with Crippen LogP contribution in [0.25, 0.3) is 5.57 Å². The molecule has 4 rings (SSSR count). The van der Waals surface area contributed by atoms with Gasteiger partial charge in [0.05, 0.1) is 0 Å². The van der Waals surface area contributed by atoms with E-state index < -0.39 is 0 Å². The lowest BCUT2D eigenvalue weighted by atomic mass is 9.99. The van der Waals surface area contributed by atoms with Crippen LogP contribution in [-0.4, -0.2) is 36.1 Å². The molecule has 2 aromatic rings. The highest BCUT2D eigenvalue weighted by Gasteiger charge is 2.26. The van der Waals surface area contributed by atoms with Gasteiger partial charge in [-0.2, -0.15) is 0 Å². The lowest BCUT2D eigenvalue weighted by Gasteiger charge is -2.28. The lowest BCUT2D eigenvalue weighted by Crippen LogP contribution is -2.32. The molecule has 0 saturated carbocycles. The quantitative estimate of drug-likeness (QED) is 0.699. The Morgan fingerprint density at radius 1 is 1.11 bits per heavy atom. The standard InChI is InChI=1S/C21H21Cl2N.CH2O2/c22-18-5-1-3-15(11-18)4-2-9-24-10-8-20-17(14-24)12-16-6-7-19(23)13-21(16)20;2-1-3/h1,3,5-7,11,13H,2,4,8-10,12,14H2;1H,(H,2,3). The molecule has 0 unspecified atom stereocenters. The predicted molar refractivity (Wildman–Crippen MR) is 112 cm³/mol. The summed E-state index contributed by atoms with van der Waals surface area (Å²) < 4.78 is 0. The fourth-order valence-corrected chi connectivity index (χ4v) is 4.37. The van der Waals surface area contributed by atoms with Gasteiger partial charge in [-0.05, 0) is 84.3 Å². The number of rotatable bonds is 4. The first-order valence-electron chi connectivity index (χ1n) is 9.15. The highest BCUT2D eigenvalue weighted by atomic mass is 35.5. The second kappa shape index (κ2) is 9.41. The Labute approximate surface area is 170 Å². The zero-order valence-electron chi connectivity index (χ0n) is 15.1. The zero-order valence-corrected chi connectivity index (χ0v) is 16.6. The van der Waals surface area contributed by atoms with Crippen LogP contribution in [0.2, 0.25) is 10.0 Å². The van der Waals surface area contributed by atoms with Gasteiger partial charge >= 0.3 is 0 Å². The summed E-state index contributed by atoms with van der Waals surface area (Å²) in [6.07, 6.45) is 4.53. The minimum absolute atomic E-state index is 0.250. The van der Waals surface area contributed by atoms with Crippen LogP contribution in [0.1, 0.15) is 29.5 Å². The van der Waals surface area contributed by atoms with Gasteiger partial charge in [-0.1, -0.05) is 41.4 Å². The van der Waals surface area contributed by atoms with Crippen LogP contribution in [0.15, 0.2) is 48.0 Å². The molecule has 0 radical (unpaired) electrons. The molecular formula is C22H23Cl2NO2. The Morgan fingerprint density at radius 2 is 1.89 bits per heavy atom. The number of aryl methyl sites for hydroxylation is 1. The Morgan fingerprint density at radius 3 is 2.67 bits per heavy atom. The van der Waals surface area contributed by atoms with Gasteiger partial charge in [0.2, 0.25) is 0 Å². The number of nitrogens with zero attached hydrogens (tertiary/aromatic N) is 1. The molecule has 1 N–H and O–H groups in total. The van der Waals surface area contributed by atoms with E-state index in [2.05, 4.69) is 29.2 Å². The molecule has 0 spiro atoms. The molecule has 2 aliphatic rings. The van der Waals surface area contributed by atoms with Crippen molar-refractivity contribution in [2.75, 3.05) is 19.6 Å². The Balaban J connectivity index is 0.000000659. The maximum atomic E-state index is 8.36. The summed E-state index contributed by atoms with van der Waals surface area (Å²) >= 11 is 12.2. The van der Waals surface area contributed by atoms with Crippen LogP contribution in [0.5, 0.6) is 0 Å². The van der Waals surface area contributed by atoms with Crippen molar-refractivity contribution >= 4 is 35.2 Å². The van der Waals surface area contributed by atoms with E-state index in [9.17, 15) is 0 Å². The van der Waals surface area contributed by atoms with Crippen molar-refractivity contribution in [2.45, 2.75) is 25.7 Å². The van der Waals surface area contributed by atoms with Crippen molar-refractivity contribution in [3.8, 4) is 0 Å². The number of halogens is 2. The summed E-state index contributed by atoms with van der Waals surface area (Å²) in [4.78, 5) is 11.0. The van der Waals surface area contributed by atoms with E-state index in [0.29, 0.717) is 0 Å². The van der Waals surface area contributed by atoms with Gasteiger partial charge in [-0.3, -0.25) is 9.69 Å². The van der Waals surface area contributed by atoms with Gasteiger partial charge < -0.3 is 5.11 Å².